The van der Waals surface area contributed by atoms with Crippen LogP contribution in [0, 0.1) is 5.92 Å². The molecule has 0 unspecified atom stereocenters. The Kier molecular flexibility index (Phi) is 1.50. The van der Waals surface area contributed by atoms with Gasteiger partial charge in [-0.1, -0.05) is 0 Å². The quantitative estimate of drug-likeness (QED) is 0.772. The molecule has 2 aromatic heterocycles. The van der Waals surface area contributed by atoms with Gasteiger partial charge in [0.1, 0.15) is 5.82 Å². The fourth-order valence-electron chi connectivity index (χ4n) is 1.66. The number of aromatic nitrogens is 3. The van der Waals surface area contributed by atoms with Crippen molar-refractivity contribution in [2.75, 3.05) is 5.73 Å². The predicted octanol–water partition coefficient (Wildman–Crippen LogP) is 1.26. The summed E-state index contributed by atoms with van der Waals surface area (Å²) < 4.78 is 1.76. The maximum Gasteiger partial charge on any atom is 0.153 e. The van der Waals surface area contributed by atoms with Crippen molar-refractivity contribution in [1.29, 1.82) is 0 Å². The molecule has 0 saturated heterocycles. The van der Waals surface area contributed by atoms with Gasteiger partial charge in [0.15, 0.2) is 5.65 Å². The molecule has 0 bridgehead atoms. The van der Waals surface area contributed by atoms with Gasteiger partial charge in [0.05, 0.1) is 11.9 Å². The van der Waals surface area contributed by atoms with E-state index in [-0.39, 0.29) is 0 Å². The summed E-state index contributed by atoms with van der Waals surface area (Å²) in [6, 6.07) is 3.68. The highest BCUT2D eigenvalue weighted by Crippen LogP contribution is 2.32. The molecule has 0 atom stereocenters. The lowest BCUT2D eigenvalue weighted by Gasteiger charge is -1.91. The molecule has 0 aliphatic heterocycles. The van der Waals surface area contributed by atoms with E-state index in [9.17, 15) is 0 Å². The molecule has 2 heterocycles. The molecule has 4 nitrogen and oxygen atoms in total. The van der Waals surface area contributed by atoms with Crippen LogP contribution in [0.5, 0.6) is 0 Å². The van der Waals surface area contributed by atoms with Crippen LogP contribution in [0.15, 0.2) is 18.3 Å². The van der Waals surface area contributed by atoms with Crippen LogP contribution in [-0.4, -0.2) is 14.6 Å². The minimum Gasteiger partial charge on any atom is -0.382 e. The summed E-state index contributed by atoms with van der Waals surface area (Å²) in [6.45, 7) is 0. The summed E-state index contributed by atoms with van der Waals surface area (Å²) in [5.41, 5.74) is 7.60. The molecule has 2 N–H and O–H groups in total. The molecule has 0 spiro atoms. The zero-order chi connectivity index (χ0) is 9.54. The third-order valence-electron chi connectivity index (χ3n) is 2.59. The standard InChI is InChI=1S/C10H12N4/c11-9-3-4-10-12-8(5-7-1-2-7)6-14(10)13-9/h3-4,6-7H,1-2,5H2,(H2,11,13). The largest absolute Gasteiger partial charge is 0.382 e. The summed E-state index contributed by atoms with van der Waals surface area (Å²) in [5.74, 6) is 1.39. The summed E-state index contributed by atoms with van der Waals surface area (Å²) in [5, 5.41) is 4.16. The lowest BCUT2D eigenvalue weighted by molar-refractivity contribution is 0.809. The van der Waals surface area contributed by atoms with Crippen molar-refractivity contribution >= 4 is 11.5 Å². The van der Waals surface area contributed by atoms with Gasteiger partial charge in [-0.3, -0.25) is 0 Å². The van der Waals surface area contributed by atoms with Crippen LogP contribution in [0.1, 0.15) is 18.5 Å². The third-order valence-corrected chi connectivity index (χ3v) is 2.59. The second-order valence-electron chi connectivity index (χ2n) is 3.94. The van der Waals surface area contributed by atoms with E-state index in [1.807, 2.05) is 12.3 Å². The number of fused-ring (bicyclic) bond motifs is 1. The van der Waals surface area contributed by atoms with Crippen molar-refractivity contribution in [3.63, 3.8) is 0 Å². The van der Waals surface area contributed by atoms with Crippen LogP contribution >= 0.6 is 0 Å². The molecule has 0 aromatic carbocycles. The zero-order valence-corrected chi connectivity index (χ0v) is 7.85. The van der Waals surface area contributed by atoms with E-state index in [4.69, 9.17) is 5.73 Å². The van der Waals surface area contributed by atoms with Gasteiger partial charge in [0.2, 0.25) is 0 Å². The van der Waals surface area contributed by atoms with Crippen LogP contribution in [0.2, 0.25) is 0 Å². The first-order valence-electron chi connectivity index (χ1n) is 4.92. The Balaban J connectivity index is 2.01. The fraction of sp³-hybridized carbons (Fsp3) is 0.400. The molecule has 0 radical (unpaired) electrons. The topological polar surface area (TPSA) is 56.2 Å². The number of hydrogen-bond acceptors (Lipinski definition) is 3. The number of hydrogen-bond donors (Lipinski definition) is 1. The van der Waals surface area contributed by atoms with Crippen LogP contribution in [0.25, 0.3) is 5.65 Å². The summed E-state index contributed by atoms with van der Waals surface area (Å²) >= 11 is 0. The van der Waals surface area contributed by atoms with Crippen LogP contribution in [0.4, 0.5) is 5.82 Å². The van der Waals surface area contributed by atoms with Gasteiger partial charge >= 0.3 is 0 Å². The molecule has 0 amide bonds. The lowest BCUT2D eigenvalue weighted by atomic mass is 10.2. The van der Waals surface area contributed by atoms with E-state index in [2.05, 4.69) is 10.1 Å². The Morgan fingerprint density at radius 1 is 1.43 bits per heavy atom. The SMILES string of the molecule is Nc1ccc2nc(CC3CC3)cn2n1. The first kappa shape index (κ1) is 7.79. The van der Waals surface area contributed by atoms with Gasteiger partial charge < -0.3 is 5.73 Å². The average molecular weight is 188 g/mol. The number of nitrogens with two attached hydrogens (primary N) is 1. The molecular weight excluding hydrogens is 176 g/mol. The highest BCUT2D eigenvalue weighted by atomic mass is 15.3. The number of anilines is 1. The van der Waals surface area contributed by atoms with Gasteiger partial charge in [-0.15, -0.1) is 5.10 Å². The van der Waals surface area contributed by atoms with Crippen molar-refractivity contribution in [3.8, 4) is 0 Å². The van der Waals surface area contributed by atoms with Crippen molar-refractivity contribution in [2.45, 2.75) is 19.3 Å². The van der Waals surface area contributed by atoms with Crippen molar-refractivity contribution < 1.29 is 0 Å². The first-order chi connectivity index (χ1) is 6.81. The summed E-state index contributed by atoms with van der Waals surface area (Å²) in [4.78, 5) is 4.48. The normalized spacial score (nSPS) is 16.3. The number of nitrogens with zero attached hydrogens (tertiary/aromatic N) is 3. The smallest absolute Gasteiger partial charge is 0.153 e. The molecule has 1 fully saturated rings. The Labute approximate surface area is 81.8 Å². The average Bonchev–Trinajstić information content (AvgIpc) is 2.84. The predicted molar refractivity (Wildman–Crippen MR) is 53.8 cm³/mol. The zero-order valence-electron chi connectivity index (χ0n) is 7.85. The van der Waals surface area contributed by atoms with E-state index in [0.29, 0.717) is 5.82 Å². The minimum atomic E-state index is 0.535. The van der Waals surface area contributed by atoms with Gasteiger partial charge in [0.25, 0.3) is 0 Å². The van der Waals surface area contributed by atoms with Gasteiger partial charge in [-0.05, 0) is 37.3 Å². The van der Waals surface area contributed by atoms with Crippen LogP contribution in [-0.2, 0) is 6.42 Å². The number of rotatable bonds is 2. The highest BCUT2D eigenvalue weighted by Gasteiger charge is 2.22. The molecule has 3 rings (SSSR count). The highest BCUT2D eigenvalue weighted by molar-refractivity contribution is 5.43. The third kappa shape index (κ3) is 1.32. The Hall–Kier alpha value is -1.58. The van der Waals surface area contributed by atoms with E-state index < -0.39 is 0 Å². The molecule has 72 valence electrons. The molecule has 4 heteroatoms. The lowest BCUT2D eigenvalue weighted by Crippen LogP contribution is -1.95. The molecule has 1 aliphatic carbocycles. The maximum atomic E-state index is 5.59. The van der Waals surface area contributed by atoms with Crippen molar-refractivity contribution in [3.05, 3.63) is 24.0 Å². The molecule has 14 heavy (non-hydrogen) atoms. The Morgan fingerprint density at radius 2 is 2.29 bits per heavy atom. The van der Waals surface area contributed by atoms with Gasteiger partial charge in [-0.25, -0.2) is 9.50 Å². The number of imidazole rings is 1. The molecular formula is C10H12N4. The van der Waals surface area contributed by atoms with Gasteiger partial charge in [-0.2, -0.15) is 0 Å². The monoisotopic (exact) mass is 188 g/mol. The number of nitrogen functional groups attached to an aromatic ring is 1. The van der Waals surface area contributed by atoms with Crippen LogP contribution in [0.3, 0.4) is 0 Å². The van der Waals surface area contributed by atoms with E-state index in [0.717, 1.165) is 23.7 Å². The van der Waals surface area contributed by atoms with Gasteiger partial charge in [0, 0.05) is 0 Å². The Bertz CT molecular complexity index is 470. The van der Waals surface area contributed by atoms with Crippen molar-refractivity contribution in [1.82, 2.24) is 14.6 Å². The minimum absolute atomic E-state index is 0.535. The van der Waals surface area contributed by atoms with E-state index >= 15 is 0 Å². The van der Waals surface area contributed by atoms with Crippen molar-refractivity contribution in [2.24, 2.45) is 5.92 Å². The Morgan fingerprint density at radius 3 is 3.07 bits per heavy atom. The first-order valence-corrected chi connectivity index (χ1v) is 4.92. The summed E-state index contributed by atoms with van der Waals surface area (Å²) in [6.07, 6.45) is 5.76. The van der Waals surface area contributed by atoms with E-state index in [1.54, 1.807) is 10.6 Å². The molecule has 1 saturated carbocycles. The van der Waals surface area contributed by atoms with Crippen LogP contribution < -0.4 is 5.73 Å². The summed E-state index contributed by atoms with van der Waals surface area (Å²) in [7, 11) is 0. The molecule has 2 aromatic rings. The fourth-order valence-corrected chi connectivity index (χ4v) is 1.66. The second kappa shape index (κ2) is 2.70. The molecule has 1 aliphatic rings. The second-order valence-corrected chi connectivity index (χ2v) is 3.94. The maximum absolute atomic E-state index is 5.59. The van der Waals surface area contributed by atoms with E-state index in [1.165, 1.54) is 12.8 Å².